The SMILES string of the molecule is O=C(c1ccc2ccccc2c1)C(O)c1ccc[nH]1. The van der Waals surface area contributed by atoms with Crippen LogP contribution in [0.3, 0.4) is 0 Å². The number of Topliss-reactive ketones (excluding diaryl/α,β-unsaturated/α-hetero) is 1. The van der Waals surface area contributed by atoms with Crippen LogP contribution in [0.25, 0.3) is 10.8 Å². The van der Waals surface area contributed by atoms with E-state index < -0.39 is 6.10 Å². The minimum Gasteiger partial charge on any atom is -0.379 e. The fraction of sp³-hybridized carbons (Fsp3) is 0.0625. The van der Waals surface area contributed by atoms with Gasteiger partial charge in [-0.05, 0) is 29.0 Å². The highest BCUT2D eigenvalue weighted by Crippen LogP contribution is 2.21. The Hall–Kier alpha value is -2.39. The summed E-state index contributed by atoms with van der Waals surface area (Å²) >= 11 is 0. The van der Waals surface area contributed by atoms with Crippen LogP contribution in [0.4, 0.5) is 0 Å². The predicted molar refractivity (Wildman–Crippen MR) is 74.0 cm³/mol. The lowest BCUT2D eigenvalue weighted by molar-refractivity contribution is 0.0741. The predicted octanol–water partition coefficient (Wildman–Crippen LogP) is 3.08. The largest absolute Gasteiger partial charge is 0.379 e. The van der Waals surface area contributed by atoms with Gasteiger partial charge in [-0.1, -0.05) is 36.4 Å². The standard InChI is InChI=1S/C16H13NO2/c18-15(16(19)14-6-3-9-17-14)13-8-7-11-4-1-2-5-12(11)10-13/h1-10,16-17,19H. The summed E-state index contributed by atoms with van der Waals surface area (Å²) in [5, 5.41) is 12.1. The van der Waals surface area contributed by atoms with Gasteiger partial charge in [-0.2, -0.15) is 0 Å². The van der Waals surface area contributed by atoms with E-state index in [4.69, 9.17) is 0 Å². The van der Waals surface area contributed by atoms with Crippen molar-refractivity contribution >= 4 is 16.6 Å². The molecule has 1 aromatic heterocycles. The van der Waals surface area contributed by atoms with Gasteiger partial charge < -0.3 is 10.1 Å². The van der Waals surface area contributed by atoms with E-state index in [2.05, 4.69) is 4.98 Å². The number of aromatic nitrogens is 1. The zero-order valence-corrected chi connectivity index (χ0v) is 10.2. The number of aliphatic hydroxyl groups is 1. The molecule has 0 bridgehead atoms. The Labute approximate surface area is 110 Å². The van der Waals surface area contributed by atoms with Gasteiger partial charge in [-0.15, -0.1) is 0 Å². The number of aliphatic hydroxyl groups excluding tert-OH is 1. The second kappa shape index (κ2) is 4.71. The van der Waals surface area contributed by atoms with Crippen LogP contribution in [0.2, 0.25) is 0 Å². The van der Waals surface area contributed by atoms with E-state index in [1.807, 2.05) is 36.4 Å². The number of benzene rings is 2. The number of hydrogen-bond donors (Lipinski definition) is 2. The van der Waals surface area contributed by atoms with Gasteiger partial charge in [-0.3, -0.25) is 4.79 Å². The normalized spacial score (nSPS) is 12.5. The van der Waals surface area contributed by atoms with E-state index in [0.29, 0.717) is 11.3 Å². The molecule has 2 aromatic carbocycles. The van der Waals surface area contributed by atoms with Gasteiger partial charge in [0, 0.05) is 11.8 Å². The molecule has 0 aliphatic rings. The Bertz CT molecular complexity index is 716. The van der Waals surface area contributed by atoms with E-state index in [0.717, 1.165) is 10.8 Å². The first-order chi connectivity index (χ1) is 9.25. The fourth-order valence-electron chi connectivity index (χ4n) is 2.16. The van der Waals surface area contributed by atoms with Crippen molar-refractivity contribution in [2.75, 3.05) is 0 Å². The fourth-order valence-corrected chi connectivity index (χ4v) is 2.16. The Morgan fingerprint density at radius 3 is 2.53 bits per heavy atom. The van der Waals surface area contributed by atoms with Gasteiger partial charge >= 0.3 is 0 Å². The molecule has 3 aromatic rings. The van der Waals surface area contributed by atoms with Crippen molar-refractivity contribution < 1.29 is 9.90 Å². The Balaban J connectivity index is 1.97. The van der Waals surface area contributed by atoms with Crippen LogP contribution in [-0.2, 0) is 0 Å². The molecule has 3 nitrogen and oxygen atoms in total. The lowest BCUT2D eigenvalue weighted by Crippen LogP contribution is -2.12. The first-order valence-electron chi connectivity index (χ1n) is 6.10. The molecule has 0 spiro atoms. The molecule has 0 fully saturated rings. The van der Waals surface area contributed by atoms with Gasteiger partial charge in [0.05, 0.1) is 5.69 Å². The molecule has 0 amide bonds. The lowest BCUT2D eigenvalue weighted by Gasteiger charge is -2.08. The molecule has 1 heterocycles. The summed E-state index contributed by atoms with van der Waals surface area (Å²) in [6, 6.07) is 16.7. The highest BCUT2D eigenvalue weighted by molar-refractivity contribution is 6.02. The lowest BCUT2D eigenvalue weighted by atomic mass is 10.0. The summed E-state index contributed by atoms with van der Waals surface area (Å²) in [4.78, 5) is 15.1. The van der Waals surface area contributed by atoms with Gasteiger partial charge in [0.25, 0.3) is 0 Å². The molecule has 3 rings (SSSR count). The van der Waals surface area contributed by atoms with Crippen molar-refractivity contribution in [2.24, 2.45) is 0 Å². The van der Waals surface area contributed by atoms with Crippen LogP contribution in [0.15, 0.2) is 60.8 Å². The molecule has 0 aliphatic heterocycles. The maximum absolute atomic E-state index is 12.2. The first kappa shape index (κ1) is 11.7. The molecule has 1 unspecified atom stereocenters. The van der Waals surface area contributed by atoms with Gasteiger partial charge in [0.2, 0.25) is 0 Å². The quantitative estimate of drug-likeness (QED) is 0.703. The van der Waals surface area contributed by atoms with Crippen LogP contribution in [0.5, 0.6) is 0 Å². The number of aromatic amines is 1. The Morgan fingerprint density at radius 2 is 1.79 bits per heavy atom. The third kappa shape index (κ3) is 2.16. The third-order valence-corrected chi connectivity index (χ3v) is 3.20. The second-order valence-electron chi connectivity index (χ2n) is 4.45. The maximum Gasteiger partial charge on any atom is 0.197 e. The number of hydrogen-bond acceptors (Lipinski definition) is 2. The van der Waals surface area contributed by atoms with Crippen molar-refractivity contribution in [3.8, 4) is 0 Å². The van der Waals surface area contributed by atoms with Crippen molar-refractivity contribution in [1.29, 1.82) is 0 Å². The molecule has 0 saturated carbocycles. The Morgan fingerprint density at radius 1 is 1.00 bits per heavy atom. The topological polar surface area (TPSA) is 53.1 Å². The summed E-state index contributed by atoms with van der Waals surface area (Å²) in [6.45, 7) is 0. The molecule has 3 heteroatoms. The van der Waals surface area contributed by atoms with Gasteiger partial charge in [0.15, 0.2) is 11.9 Å². The summed E-state index contributed by atoms with van der Waals surface area (Å²) < 4.78 is 0. The number of rotatable bonds is 3. The van der Waals surface area contributed by atoms with Crippen LogP contribution < -0.4 is 0 Å². The van der Waals surface area contributed by atoms with Gasteiger partial charge in [-0.25, -0.2) is 0 Å². The Kier molecular flexibility index (Phi) is 2.89. The first-order valence-corrected chi connectivity index (χ1v) is 6.10. The average Bonchev–Trinajstić information content (AvgIpc) is 2.99. The maximum atomic E-state index is 12.2. The summed E-state index contributed by atoms with van der Waals surface area (Å²) in [5.41, 5.74) is 1.03. The molecule has 2 N–H and O–H groups in total. The number of carbonyl (C=O) groups is 1. The summed E-state index contributed by atoms with van der Waals surface area (Å²) in [7, 11) is 0. The number of nitrogens with one attached hydrogen (secondary N) is 1. The molecule has 94 valence electrons. The van der Waals surface area contributed by atoms with E-state index in [1.165, 1.54) is 0 Å². The van der Waals surface area contributed by atoms with E-state index in [1.54, 1.807) is 24.4 Å². The van der Waals surface area contributed by atoms with Crippen molar-refractivity contribution in [3.63, 3.8) is 0 Å². The molecule has 0 radical (unpaired) electrons. The molecule has 1 atom stereocenters. The van der Waals surface area contributed by atoms with Crippen LogP contribution in [0, 0.1) is 0 Å². The van der Waals surface area contributed by atoms with Crippen molar-refractivity contribution in [3.05, 3.63) is 72.1 Å². The molecule has 0 aliphatic carbocycles. The van der Waals surface area contributed by atoms with Crippen LogP contribution in [-0.4, -0.2) is 15.9 Å². The minimum atomic E-state index is -1.14. The van der Waals surface area contributed by atoms with Crippen molar-refractivity contribution in [2.45, 2.75) is 6.10 Å². The smallest absolute Gasteiger partial charge is 0.197 e. The van der Waals surface area contributed by atoms with Crippen molar-refractivity contribution in [1.82, 2.24) is 4.98 Å². The third-order valence-electron chi connectivity index (χ3n) is 3.20. The number of fused-ring (bicyclic) bond motifs is 1. The zero-order valence-electron chi connectivity index (χ0n) is 10.2. The molecular formula is C16H13NO2. The van der Waals surface area contributed by atoms with Crippen LogP contribution >= 0.6 is 0 Å². The number of ketones is 1. The monoisotopic (exact) mass is 251 g/mol. The summed E-state index contributed by atoms with van der Waals surface area (Å²) in [5.74, 6) is -0.298. The zero-order chi connectivity index (χ0) is 13.2. The van der Waals surface area contributed by atoms with Crippen LogP contribution in [0.1, 0.15) is 22.2 Å². The highest BCUT2D eigenvalue weighted by Gasteiger charge is 2.19. The molecule has 19 heavy (non-hydrogen) atoms. The number of H-pyrrole nitrogens is 1. The van der Waals surface area contributed by atoms with E-state index in [-0.39, 0.29) is 5.78 Å². The van der Waals surface area contributed by atoms with Gasteiger partial charge in [0.1, 0.15) is 0 Å². The average molecular weight is 251 g/mol. The van der Waals surface area contributed by atoms with E-state index in [9.17, 15) is 9.90 Å². The highest BCUT2D eigenvalue weighted by atomic mass is 16.3. The van der Waals surface area contributed by atoms with E-state index >= 15 is 0 Å². The second-order valence-corrected chi connectivity index (χ2v) is 4.45. The summed E-state index contributed by atoms with van der Waals surface area (Å²) in [6.07, 6.45) is 0.544. The molecular weight excluding hydrogens is 238 g/mol. The molecule has 0 saturated heterocycles. The minimum absolute atomic E-state index is 0.298. The number of carbonyl (C=O) groups excluding carboxylic acids is 1.